The van der Waals surface area contributed by atoms with Gasteiger partial charge < -0.3 is 9.84 Å². The summed E-state index contributed by atoms with van der Waals surface area (Å²) in [6.45, 7) is 6.72. The van der Waals surface area contributed by atoms with Crippen LogP contribution < -0.4 is 0 Å². The lowest BCUT2D eigenvalue weighted by Gasteiger charge is -2.31. The molecule has 4 nitrogen and oxygen atoms in total. The van der Waals surface area contributed by atoms with E-state index < -0.39 is 5.97 Å². The molecule has 0 aromatic carbocycles. The highest BCUT2D eigenvalue weighted by Crippen LogP contribution is 2.17. The van der Waals surface area contributed by atoms with E-state index in [1.165, 1.54) is 0 Å². The van der Waals surface area contributed by atoms with Crippen molar-refractivity contribution in [2.75, 3.05) is 33.4 Å². The average molecular weight is 213 g/mol. The second-order valence-electron chi connectivity index (χ2n) is 4.08. The first-order chi connectivity index (χ1) is 7.13. The van der Waals surface area contributed by atoms with Crippen molar-refractivity contribution < 1.29 is 14.6 Å². The molecule has 0 unspecified atom stereocenters. The number of carboxylic acids is 1. The van der Waals surface area contributed by atoms with Crippen LogP contribution in [-0.2, 0) is 9.53 Å². The molecule has 4 heteroatoms. The van der Waals surface area contributed by atoms with E-state index in [0.717, 1.165) is 32.5 Å². The van der Waals surface area contributed by atoms with E-state index in [9.17, 15) is 4.79 Å². The molecule has 1 heterocycles. The maximum absolute atomic E-state index is 10.6. The molecule has 0 spiro atoms. The lowest BCUT2D eigenvalue weighted by atomic mass is 9.97. The summed E-state index contributed by atoms with van der Waals surface area (Å²) in [5.74, 6) is -0.265. The quantitative estimate of drug-likeness (QED) is 0.692. The lowest BCUT2D eigenvalue weighted by molar-refractivity contribution is -0.132. The number of ether oxygens (including phenoxy) is 1. The van der Waals surface area contributed by atoms with Crippen LogP contribution in [0.15, 0.2) is 12.2 Å². The second-order valence-corrected chi connectivity index (χ2v) is 4.08. The summed E-state index contributed by atoms with van der Waals surface area (Å²) in [5.41, 5.74) is 0.278. The molecule has 15 heavy (non-hydrogen) atoms. The van der Waals surface area contributed by atoms with Gasteiger partial charge in [-0.25, -0.2) is 4.79 Å². The minimum Gasteiger partial charge on any atom is -0.478 e. The number of piperidine rings is 1. The lowest BCUT2D eigenvalue weighted by Crippen LogP contribution is -2.37. The minimum absolute atomic E-state index is 0.278. The van der Waals surface area contributed by atoms with Gasteiger partial charge in [0.25, 0.3) is 0 Å². The average Bonchev–Trinajstić information content (AvgIpc) is 2.21. The van der Waals surface area contributed by atoms with Crippen LogP contribution in [0.2, 0.25) is 0 Å². The Morgan fingerprint density at radius 2 is 2.13 bits per heavy atom. The van der Waals surface area contributed by atoms with E-state index >= 15 is 0 Å². The Morgan fingerprint density at radius 3 is 2.60 bits per heavy atom. The molecule has 1 N–H and O–H groups in total. The first kappa shape index (κ1) is 12.2. The molecule has 1 aliphatic rings. The number of hydrogen-bond acceptors (Lipinski definition) is 3. The van der Waals surface area contributed by atoms with Gasteiger partial charge in [-0.2, -0.15) is 0 Å². The number of hydrogen-bond donors (Lipinski definition) is 1. The SMILES string of the molecule is C=C(CN1CCC(COC)CC1)C(=O)O. The van der Waals surface area contributed by atoms with Crippen LogP contribution in [0.3, 0.4) is 0 Å². The molecule has 0 radical (unpaired) electrons. The molecule has 1 aliphatic heterocycles. The van der Waals surface area contributed by atoms with Gasteiger partial charge in [0.05, 0.1) is 0 Å². The van der Waals surface area contributed by atoms with Crippen LogP contribution in [0.4, 0.5) is 0 Å². The van der Waals surface area contributed by atoms with Crippen LogP contribution in [0.1, 0.15) is 12.8 Å². The first-order valence-electron chi connectivity index (χ1n) is 5.26. The minimum atomic E-state index is -0.894. The van der Waals surface area contributed by atoms with Crippen LogP contribution in [0, 0.1) is 5.92 Å². The Hall–Kier alpha value is -0.870. The third kappa shape index (κ3) is 4.01. The number of nitrogens with zero attached hydrogens (tertiary/aromatic N) is 1. The molecule has 1 fully saturated rings. The maximum atomic E-state index is 10.6. The summed E-state index contributed by atoms with van der Waals surface area (Å²) in [5, 5.41) is 8.70. The summed E-state index contributed by atoms with van der Waals surface area (Å²) in [4.78, 5) is 12.7. The van der Waals surface area contributed by atoms with Gasteiger partial charge in [0.1, 0.15) is 0 Å². The third-order valence-electron chi connectivity index (χ3n) is 2.83. The van der Waals surface area contributed by atoms with E-state index in [4.69, 9.17) is 9.84 Å². The van der Waals surface area contributed by atoms with Crippen molar-refractivity contribution in [2.45, 2.75) is 12.8 Å². The Bertz CT molecular complexity index is 232. The van der Waals surface area contributed by atoms with Gasteiger partial charge in [0, 0.05) is 25.8 Å². The summed E-state index contributed by atoms with van der Waals surface area (Å²) in [6, 6.07) is 0. The van der Waals surface area contributed by atoms with E-state index in [0.29, 0.717) is 12.5 Å². The van der Waals surface area contributed by atoms with Crippen molar-refractivity contribution in [3.05, 3.63) is 12.2 Å². The zero-order valence-corrected chi connectivity index (χ0v) is 9.24. The van der Waals surface area contributed by atoms with Crippen LogP contribution >= 0.6 is 0 Å². The summed E-state index contributed by atoms with van der Waals surface area (Å²) < 4.78 is 5.11. The fourth-order valence-electron chi connectivity index (χ4n) is 1.88. The highest BCUT2D eigenvalue weighted by Gasteiger charge is 2.20. The zero-order chi connectivity index (χ0) is 11.3. The fourth-order valence-corrected chi connectivity index (χ4v) is 1.88. The molecule has 0 saturated carbocycles. The first-order valence-corrected chi connectivity index (χ1v) is 5.26. The molecule has 86 valence electrons. The predicted molar refractivity (Wildman–Crippen MR) is 57.8 cm³/mol. The summed E-state index contributed by atoms with van der Waals surface area (Å²) in [7, 11) is 1.72. The molecule has 0 amide bonds. The number of aliphatic carboxylic acids is 1. The van der Waals surface area contributed by atoms with Crippen LogP contribution in [0.25, 0.3) is 0 Å². The molecular formula is C11H19NO3. The molecule has 0 aliphatic carbocycles. The standard InChI is InChI=1S/C11H19NO3/c1-9(11(13)14)7-12-5-3-10(4-6-12)8-15-2/h10H,1,3-8H2,2H3,(H,13,14). The third-order valence-corrected chi connectivity index (χ3v) is 2.83. The van der Waals surface area contributed by atoms with E-state index in [2.05, 4.69) is 11.5 Å². The summed E-state index contributed by atoms with van der Waals surface area (Å²) in [6.07, 6.45) is 2.17. The van der Waals surface area contributed by atoms with Gasteiger partial charge in [-0.15, -0.1) is 0 Å². The molecular weight excluding hydrogens is 194 g/mol. The molecule has 0 atom stereocenters. The smallest absolute Gasteiger partial charge is 0.332 e. The van der Waals surface area contributed by atoms with E-state index in [-0.39, 0.29) is 5.57 Å². The number of carbonyl (C=O) groups is 1. The predicted octanol–water partition coefficient (Wildman–Crippen LogP) is 0.986. The number of rotatable bonds is 5. The molecule has 1 saturated heterocycles. The molecule has 0 aromatic rings. The van der Waals surface area contributed by atoms with Crippen molar-refractivity contribution in [1.29, 1.82) is 0 Å². The number of carboxylic acid groups (broad SMARTS) is 1. The van der Waals surface area contributed by atoms with Gasteiger partial charge in [0.2, 0.25) is 0 Å². The molecule has 1 rings (SSSR count). The normalized spacial score (nSPS) is 19.0. The summed E-state index contributed by atoms with van der Waals surface area (Å²) >= 11 is 0. The largest absolute Gasteiger partial charge is 0.478 e. The van der Waals surface area contributed by atoms with Crippen LogP contribution in [0.5, 0.6) is 0 Å². The van der Waals surface area contributed by atoms with Crippen molar-refractivity contribution in [3.8, 4) is 0 Å². The van der Waals surface area contributed by atoms with E-state index in [1.54, 1.807) is 7.11 Å². The Morgan fingerprint density at radius 1 is 1.53 bits per heavy atom. The van der Waals surface area contributed by atoms with Crippen molar-refractivity contribution >= 4 is 5.97 Å². The van der Waals surface area contributed by atoms with Gasteiger partial charge in [-0.05, 0) is 31.8 Å². The van der Waals surface area contributed by atoms with Crippen molar-refractivity contribution in [1.82, 2.24) is 4.90 Å². The second kappa shape index (κ2) is 5.88. The number of likely N-dealkylation sites (tertiary alicyclic amines) is 1. The fraction of sp³-hybridized carbons (Fsp3) is 0.727. The highest BCUT2D eigenvalue weighted by atomic mass is 16.5. The Labute approximate surface area is 90.5 Å². The number of methoxy groups -OCH3 is 1. The van der Waals surface area contributed by atoms with Gasteiger partial charge in [-0.3, -0.25) is 4.90 Å². The Kier molecular flexibility index (Phi) is 4.78. The van der Waals surface area contributed by atoms with Crippen molar-refractivity contribution in [2.24, 2.45) is 5.92 Å². The molecule has 0 bridgehead atoms. The van der Waals surface area contributed by atoms with Gasteiger partial charge in [0.15, 0.2) is 0 Å². The van der Waals surface area contributed by atoms with Crippen molar-refractivity contribution in [3.63, 3.8) is 0 Å². The topological polar surface area (TPSA) is 49.8 Å². The monoisotopic (exact) mass is 213 g/mol. The van der Waals surface area contributed by atoms with Gasteiger partial charge >= 0.3 is 5.97 Å². The highest BCUT2D eigenvalue weighted by molar-refractivity contribution is 5.86. The molecule has 0 aromatic heterocycles. The van der Waals surface area contributed by atoms with Gasteiger partial charge in [-0.1, -0.05) is 6.58 Å². The van der Waals surface area contributed by atoms with E-state index in [1.807, 2.05) is 0 Å². The maximum Gasteiger partial charge on any atom is 0.332 e. The Balaban J connectivity index is 2.25. The zero-order valence-electron chi connectivity index (χ0n) is 9.24. The van der Waals surface area contributed by atoms with Crippen LogP contribution in [-0.4, -0.2) is 49.3 Å².